The molecule has 0 aliphatic heterocycles. The number of nitro groups is 1. The Balaban J connectivity index is 2.14. The number of nitrogen functional groups attached to an aromatic ring is 1. The molecule has 0 unspecified atom stereocenters. The van der Waals surface area contributed by atoms with E-state index in [9.17, 15) is 14.9 Å². The van der Waals surface area contributed by atoms with Crippen molar-refractivity contribution in [3.8, 4) is 0 Å². The third-order valence-corrected chi connectivity index (χ3v) is 2.68. The molecule has 0 aliphatic rings. The monoisotopic (exact) mass is 272 g/mol. The van der Waals surface area contributed by atoms with Gasteiger partial charge in [0.05, 0.1) is 22.7 Å². The van der Waals surface area contributed by atoms with Crippen LogP contribution in [0, 0.1) is 10.1 Å². The number of carbonyl (C=O) groups is 1. The summed E-state index contributed by atoms with van der Waals surface area (Å²) in [6.45, 7) is 0.224. The van der Waals surface area contributed by atoms with Crippen molar-refractivity contribution >= 4 is 17.3 Å². The van der Waals surface area contributed by atoms with Crippen molar-refractivity contribution in [2.24, 2.45) is 0 Å². The van der Waals surface area contributed by atoms with E-state index in [1.807, 2.05) is 0 Å². The molecule has 0 saturated carbocycles. The van der Waals surface area contributed by atoms with Gasteiger partial charge in [-0.15, -0.1) is 0 Å². The number of pyridine rings is 1. The molecule has 1 aromatic carbocycles. The summed E-state index contributed by atoms with van der Waals surface area (Å²) in [5.74, 6) is -0.475. The van der Waals surface area contributed by atoms with Crippen LogP contribution in [-0.4, -0.2) is 15.8 Å². The van der Waals surface area contributed by atoms with Crippen molar-refractivity contribution in [1.82, 2.24) is 10.3 Å². The molecule has 20 heavy (non-hydrogen) atoms. The topological polar surface area (TPSA) is 111 Å². The average Bonchev–Trinajstić information content (AvgIpc) is 2.46. The van der Waals surface area contributed by atoms with Crippen LogP contribution in [0.5, 0.6) is 0 Å². The molecule has 2 rings (SSSR count). The summed E-state index contributed by atoms with van der Waals surface area (Å²) < 4.78 is 0. The van der Waals surface area contributed by atoms with Crippen molar-refractivity contribution in [1.29, 1.82) is 0 Å². The van der Waals surface area contributed by atoms with Crippen molar-refractivity contribution < 1.29 is 9.72 Å². The Morgan fingerprint density at radius 3 is 2.75 bits per heavy atom. The molecule has 7 nitrogen and oxygen atoms in total. The molecule has 1 heterocycles. The number of amides is 1. The quantitative estimate of drug-likeness (QED) is 0.497. The van der Waals surface area contributed by atoms with Gasteiger partial charge in [-0.05, 0) is 18.2 Å². The highest BCUT2D eigenvalue weighted by molar-refractivity contribution is 6.00. The molecule has 0 atom stereocenters. The zero-order valence-electron chi connectivity index (χ0n) is 10.4. The van der Waals surface area contributed by atoms with Crippen molar-refractivity contribution in [3.63, 3.8) is 0 Å². The lowest BCUT2D eigenvalue weighted by Crippen LogP contribution is -2.24. The van der Waals surface area contributed by atoms with E-state index in [0.717, 1.165) is 0 Å². The van der Waals surface area contributed by atoms with Crippen LogP contribution in [-0.2, 0) is 6.54 Å². The number of benzene rings is 1. The van der Waals surface area contributed by atoms with E-state index in [0.29, 0.717) is 5.69 Å². The second-order valence-corrected chi connectivity index (χ2v) is 4.00. The van der Waals surface area contributed by atoms with Crippen LogP contribution >= 0.6 is 0 Å². The Kier molecular flexibility index (Phi) is 3.90. The van der Waals surface area contributed by atoms with E-state index in [-0.39, 0.29) is 23.5 Å². The summed E-state index contributed by atoms with van der Waals surface area (Å²) in [5, 5.41) is 13.4. The highest BCUT2D eigenvalue weighted by atomic mass is 16.6. The highest BCUT2D eigenvalue weighted by Crippen LogP contribution is 2.24. The van der Waals surface area contributed by atoms with Gasteiger partial charge in [-0.3, -0.25) is 19.9 Å². The summed E-state index contributed by atoms with van der Waals surface area (Å²) >= 11 is 0. The van der Waals surface area contributed by atoms with Crippen LogP contribution in [0.15, 0.2) is 42.6 Å². The lowest BCUT2D eigenvalue weighted by Gasteiger charge is -2.07. The molecule has 0 spiro atoms. The Labute approximate surface area is 114 Å². The number of hydrogen-bond donors (Lipinski definition) is 2. The molecule has 1 aromatic heterocycles. The molecule has 3 N–H and O–H groups in total. The van der Waals surface area contributed by atoms with Gasteiger partial charge in [-0.25, -0.2) is 0 Å². The molecule has 1 amide bonds. The molecule has 0 saturated heterocycles. The lowest BCUT2D eigenvalue weighted by molar-refractivity contribution is -0.383. The van der Waals surface area contributed by atoms with E-state index in [2.05, 4.69) is 10.3 Å². The fourth-order valence-corrected chi connectivity index (χ4v) is 1.68. The number of hydrogen-bond acceptors (Lipinski definition) is 5. The molecule has 0 radical (unpaired) electrons. The average molecular weight is 272 g/mol. The first-order valence-electron chi connectivity index (χ1n) is 5.80. The number of carbonyl (C=O) groups excluding carboxylic acids is 1. The Hall–Kier alpha value is -2.96. The summed E-state index contributed by atoms with van der Waals surface area (Å²) in [6, 6.07) is 9.45. The lowest BCUT2D eigenvalue weighted by atomic mass is 10.1. The number of aromatic nitrogens is 1. The third-order valence-electron chi connectivity index (χ3n) is 2.68. The minimum atomic E-state index is -0.620. The minimum absolute atomic E-state index is 0.0788. The van der Waals surface area contributed by atoms with Gasteiger partial charge in [-0.2, -0.15) is 0 Å². The molecule has 0 bridgehead atoms. The van der Waals surface area contributed by atoms with Gasteiger partial charge in [0.25, 0.3) is 11.6 Å². The van der Waals surface area contributed by atoms with Crippen molar-refractivity contribution in [3.05, 3.63) is 64.0 Å². The van der Waals surface area contributed by atoms with Crippen LogP contribution in [0.3, 0.4) is 0 Å². The first kappa shape index (κ1) is 13.5. The first-order chi connectivity index (χ1) is 9.59. The van der Waals surface area contributed by atoms with Gasteiger partial charge >= 0.3 is 0 Å². The standard InChI is InChI=1S/C13H12N4O3/c14-12-10(5-3-6-11(12)17(19)20)13(18)16-8-9-4-1-2-7-15-9/h1-7H,8,14H2,(H,16,18). The van der Waals surface area contributed by atoms with Gasteiger partial charge in [0, 0.05) is 12.3 Å². The van der Waals surface area contributed by atoms with Crippen LogP contribution in [0.1, 0.15) is 16.1 Å². The molecular formula is C13H12N4O3. The van der Waals surface area contributed by atoms with E-state index < -0.39 is 10.8 Å². The maximum Gasteiger partial charge on any atom is 0.292 e. The normalized spacial score (nSPS) is 10.0. The Bertz CT molecular complexity index is 643. The zero-order valence-corrected chi connectivity index (χ0v) is 10.4. The van der Waals surface area contributed by atoms with Gasteiger partial charge in [0.15, 0.2) is 0 Å². The molecule has 0 aliphatic carbocycles. The van der Waals surface area contributed by atoms with Crippen LogP contribution in [0.4, 0.5) is 11.4 Å². The molecule has 0 fully saturated rings. The molecule has 102 valence electrons. The molecule has 7 heteroatoms. The number of anilines is 1. The highest BCUT2D eigenvalue weighted by Gasteiger charge is 2.18. The van der Waals surface area contributed by atoms with Crippen LogP contribution in [0.2, 0.25) is 0 Å². The Morgan fingerprint density at radius 1 is 1.30 bits per heavy atom. The van der Waals surface area contributed by atoms with Crippen LogP contribution < -0.4 is 11.1 Å². The maximum atomic E-state index is 12.0. The fourth-order valence-electron chi connectivity index (χ4n) is 1.68. The second-order valence-electron chi connectivity index (χ2n) is 4.00. The number of para-hydroxylation sites is 1. The Morgan fingerprint density at radius 2 is 2.10 bits per heavy atom. The summed E-state index contributed by atoms with van der Waals surface area (Å²) in [5.41, 5.74) is 5.98. The predicted octanol–water partition coefficient (Wildman–Crippen LogP) is 1.50. The largest absolute Gasteiger partial charge is 0.393 e. The molecular weight excluding hydrogens is 260 g/mol. The fraction of sp³-hybridized carbons (Fsp3) is 0.0769. The van der Waals surface area contributed by atoms with Crippen LogP contribution in [0.25, 0.3) is 0 Å². The summed E-state index contributed by atoms with van der Waals surface area (Å²) in [4.78, 5) is 26.2. The summed E-state index contributed by atoms with van der Waals surface area (Å²) in [7, 11) is 0. The summed E-state index contributed by atoms with van der Waals surface area (Å²) in [6.07, 6.45) is 1.61. The minimum Gasteiger partial charge on any atom is -0.393 e. The van der Waals surface area contributed by atoms with E-state index in [1.54, 1.807) is 24.4 Å². The first-order valence-corrected chi connectivity index (χ1v) is 5.80. The smallest absolute Gasteiger partial charge is 0.292 e. The number of nitrogens with two attached hydrogens (primary N) is 1. The van der Waals surface area contributed by atoms with Gasteiger partial charge < -0.3 is 11.1 Å². The van der Waals surface area contributed by atoms with Gasteiger partial charge in [-0.1, -0.05) is 12.1 Å². The van der Waals surface area contributed by atoms with E-state index in [1.165, 1.54) is 18.2 Å². The van der Waals surface area contributed by atoms with Gasteiger partial charge in [0.1, 0.15) is 5.69 Å². The second kappa shape index (κ2) is 5.79. The third kappa shape index (κ3) is 2.89. The molecule has 2 aromatic rings. The van der Waals surface area contributed by atoms with E-state index in [4.69, 9.17) is 5.73 Å². The maximum absolute atomic E-state index is 12.0. The number of nitrogens with zero attached hydrogens (tertiary/aromatic N) is 2. The predicted molar refractivity (Wildman–Crippen MR) is 72.9 cm³/mol. The number of nitrogens with one attached hydrogen (secondary N) is 1. The van der Waals surface area contributed by atoms with Crippen molar-refractivity contribution in [2.75, 3.05) is 5.73 Å². The zero-order chi connectivity index (χ0) is 14.5. The number of rotatable bonds is 4. The van der Waals surface area contributed by atoms with Gasteiger partial charge in [0.2, 0.25) is 0 Å². The SMILES string of the molecule is Nc1c(C(=O)NCc2ccccn2)cccc1[N+](=O)[O-]. The number of nitro benzene ring substituents is 1. The van der Waals surface area contributed by atoms with E-state index >= 15 is 0 Å². The van der Waals surface area contributed by atoms with Crippen molar-refractivity contribution in [2.45, 2.75) is 6.54 Å².